The van der Waals surface area contributed by atoms with Crippen molar-refractivity contribution in [3.05, 3.63) is 58.2 Å². The highest BCUT2D eigenvalue weighted by atomic mass is 32.1. The van der Waals surface area contributed by atoms with Gasteiger partial charge in [-0.1, -0.05) is 13.8 Å². The first-order chi connectivity index (χ1) is 13.5. The fourth-order valence-electron chi connectivity index (χ4n) is 3.58. The molecule has 1 unspecified atom stereocenters. The predicted molar refractivity (Wildman–Crippen MR) is 109 cm³/mol. The summed E-state index contributed by atoms with van der Waals surface area (Å²) >= 11 is 1.53. The van der Waals surface area contributed by atoms with Crippen LogP contribution >= 0.6 is 11.3 Å². The molecule has 28 heavy (non-hydrogen) atoms. The number of carbonyl (C=O) groups excluding carboxylic acids is 2. The summed E-state index contributed by atoms with van der Waals surface area (Å²) in [7, 11) is 0. The summed E-state index contributed by atoms with van der Waals surface area (Å²) in [5.41, 5.74) is 1.88. The minimum Gasteiger partial charge on any atom is -0.347 e. The Morgan fingerprint density at radius 2 is 2.14 bits per heavy atom. The molecule has 2 amide bonds. The Hall–Kier alpha value is -2.67. The van der Waals surface area contributed by atoms with Crippen molar-refractivity contribution in [2.45, 2.75) is 32.7 Å². The number of thiophene rings is 1. The molecule has 0 bridgehead atoms. The zero-order valence-corrected chi connectivity index (χ0v) is 16.9. The van der Waals surface area contributed by atoms with Gasteiger partial charge in [0, 0.05) is 54.9 Å². The van der Waals surface area contributed by atoms with Gasteiger partial charge in [0.25, 0.3) is 5.91 Å². The van der Waals surface area contributed by atoms with Gasteiger partial charge in [-0.25, -0.2) is 4.98 Å². The molecule has 1 fully saturated rings. The number of hydrogen-bond acceptors (Lipinski definition) is 4. The number of carbonyl (C=O) groups is 2. The third kappa shape index (κ3) is 3.80. The van der Waals surface area contributed by atoms with Gasteiger partial charge in [-0.05, 0) is 36.2 Å². The highest BCUT2D eigenvalue weighted by molar-refractivity contribution is 7.14. The largest absolute Gasteiger partial charge is 0.347 e. The van der Waals surface area contributed by atoms with E-state index < -0.39 is 0 Å². The van der Waals surface area contributed by atoms with Gasteiger partial charge >= 0.3 is 0 Å². The van der Waals surface area contributed by atoms with E-state index in [2.05, 4.69) is 10.3 Å². The molecule has 0 saturated carbocycles. The van der Waals surface area contributed by atoms with Crippen molar-refractivity contribution in [2.75, 3.05) is 13.1 Å². The maximum atomic E-state index is 12.5. The summed E-state index contributed by atoms with van der Waals surface area (Å²) in [5, 5.41) is 2.99. The van der Waals surface area contributed by atoms with Crippen LogP contribution in [0, 0.1) is 5.92 Å². The van der Waals surface area contributed by atoms with Crippen molar-refractivity contribution < 1.29 is 9.59 Å². The average Bonchev–Trinajstić information content (AvgIpc) is 3.44. The molecule has 7 heteroatoms. The first-order valence-electron chi connectivity index (χ1n) is 9.59. The van der Waals surface area contributed by atoms with Crippen LogP contribution in [0.15, 0.2) is 42.9 Å². The summed E-state index contributed by atoms with van der Waals surface area (Å²) < 4.78 is 1.94. The van der Waals surface area contributed by atoms with Gasteiger partial charge in [-0.2, -0.15) is 0 Å². The third-order valence-electron chi connectivity index (χ3n) is 5.16. The summed E-state index contributed by atoms with van der Waals surface area (Å²) in [5.74, 6) is 0.515. The van der Waals surface area contributed by atoms with Crippen molar-refractivity contribution in [1.82, 2.24) is 19.6 Å². The molecule has 0 aromatic carbocycles. The predicted octanol–water partition coefficient (Wildman–Crippen LogP) is 3.30. The van der Waals surface area contributed by atoms with E-state index in [0.29, 0.717) is 17.3 Å². The topological polar surface area (TPSA) is 66.7 Å². The number of fused-ring (bicyclic) bond motifs is 1. The summed E-state index contributed by atoms with van der Waals surface area (Å²) in [6.45, 7) is 5.90. The van der Waals surface area contributed by atoms with Crippen LogP contribution in [0.4, 0.5) is 0 Å². The Balaban J connectivity index is 1.36. The number of nitrogens with one attached hydrogen (secondary N) is 1. The molecule has 1 atom stereocenters. The molecule has 0 radical (unpaired) electrons. The Morgan fingerprint density at radius 3 is 2.96 bits per heavy atom. The van der Waals surface area contributed by atoms with E-state index in [-0.39, 0.29) is 17.7 Å². The number of hydrogen-bond donors (Lipinski definition) is 1. The molecule has 4 rings (SSSR count). The monoisotopic (exact) mass is 396 g/mol. The van der Waals surface area contributed by atoms with Gasteiger partial charge in [0.1, 0.15) is 5.65 Å². The maximum absolute atomic E-state index is 12.5. The average molecular weight is 397 g/mol. The van der Waals surface area contributed by atoms with E-state index in [1.165, 1.54) is 16.2 Å². The summed E-state index contributed by atoms with van der Waals surface area (Å²) in [6, 6.07) is 7.87. The molecule has 1 aliphatic heterocycles. The lowest BCUT2D eigenvalue weighted by Gasteiger charge is -2.18. The summed E-state index contributed by atoms with van der Waals surface area (Å²) in [6.07, 6.45) is 6.55. The van der Waals surface area contributed by atoms with Crippen molar-refractivity contribution in [3.63, 3.8) is 0 Å². The van der Waals surface area contributed by atoms with Crippen LogP contribution in [0.5, 0.6) is 0 Å². The van der Waals surface area contributed by atoms with Gasteiger partial charge in [-0.3, -0.25) is 9.59 Å². The molecular formula is C21H24N4O2S. The molecule has 3 aromatic heterocycles. The number of imidazole rings is 1. The number of nitrogens with zero attached hydrogens (tertiary/aromatic N) is 3. The van der Waals surface area contributed by atoms with Crippen LogP contribution in [0.25, 0.3) is 5.65 Å². The van der Waals surface area contributed by atoms with Crippen LogP contribution in [0.2, 0.25) is 0 Å². The van der Waals surface area contributed by atoms with Crippen LogP contribution in [0.3, 0.4) is 0 Å². The zero-order valence-electron chi connectivity index (χ0n) is 16.1. The number of rotatable bonds is 5. The number of aromatic nitrogens is 2. The maximum Gasteiger partial charge on any atom is 0.261 e. The molecular weight excluding hydrogens is 372 g/mol. The van der Waals surface area contributed by atoms with Gasteiger partial charge in [0.15, 0.2) is 0 Å². The van der Waals surface area contributed by atoms with Crippen LogP contribution in [-0.4, -0.2) is 39.2 Å². The first-order valence-corrected chi connectivity index (χ1v) is 10.4. The van der Waals surface area contributed by atoms with Crippen LogP contribution < -0.4 is 5.32 Å². The van der Waals surface area contributed by atoms with E-state index in [1.807, 2.05) is 59.8 Å². The van der Waals surface area contributed by atoms with Crippen LogP contribution in [0.1, 0.15) is 46.3 Å². The first kappa shape index (κ1) is 18.7. The lowest BCUT2D eigenvalue weighted by Crippen LogP contribution is -2.31. The Kier molecular flexibility index (Phi) is 5.17. The standard InChI is InChI=1S/C21H24N4O2S/c1-14(2)21(27)25-9-6-16(13-25)17-3-4-18(28-17)20(26)23-12-15-5-8-24-10-7-22-19(24)11-15/h3-5,7-8,10-11,14,16H,6,9,12-13H2,1-2H3,(H,23,26). The van der Waals surface area contributed by atoms with E-state index in [0.717, 1.165) is 30.7 Å². The highest BCUT2D eigenvalue weighted by Crippen LogP contribution is 2.32. The molecule has 0 spiro atoms. The zero-order chi connectivity index (χ0) is 19.7. The third-order valence-corrected chi connectivity index (χ3v) is 6.41. The fourth-order valence-corrected chi connectivity index (χ4v) is 4.63. The Morgan fingerprint density at radius 1 is 1.29 bits per heavy atom. The molecule has 146 valence electrons. The number of likely N-dealkylation sites (tertiary alicyclic amines) is 1. The van der Waals surface area contributed by atoms with E-state index >= 15 is 0 Å². The molecule has 4 heterocycles. The molecule has 1 saturated heterocycles. The van der Waals surface area contributed by atoms with Gasteiger partial charge < -0.3 is 14.6 Å². The van der Waals surface area contributed by atoms with Crippen LogP contribution in [-0.2, 0) is 11.3 Å². The molecule has 3 aromatic rings. The van der Waals surface area contributed by atoms with E-state index in [9.17, 15) is 9.59 Å². The molecule has 1 aliphatic rings. The van der Waals surface area contributed by atoms with Crippen molar-refractivity contribution in [1.29, 1.82) is 0 Å². The fraction of sp³-hybridized carbons (Fsp3) is 0.381. The second kappa shape index (κ2) is 7.75. The molecule has 1 N–H and O–H groups in total. The van der Waals surface area contributed by atoms with Gasteiger partial charge in [0.2, 0.25) is 5.91 Å². The number of pyridine rings is 1. The Bertz CT molecular complexity index is 1010. The smallest absolute Gasteiger partial charge is 0.261 e. The molecule has 0 aliphatic carbocycles. The van der Waals surface area contributed by atoms with Gasteiger partial charge in [-0.15, -0.1) is 11.3 Å². The van der Waals surface area contributed by atoms with Gasteiger partial charge in [0.05, 0.1) is 4.88 Å². The van der Waals surface area contributed by atoms with E-state index in [4.69, 9.17) is 0 Å². The minimum absolute atomic E-state index is 0.0321. The Labute approximate surface area is 168 Å². The lowest BCUT2D eigenvalue weighted by atomic mass is 10.1. The van der Waals surface area contributed by atoms with Crippen molar-refractivity contribution in [3.8, 4) is 0 Å². The molecule has 6 nitrogen and oxygen atoms in total. The summed E-state index contributed by atoms with van der Waals surface area (Å²) in [4.78, 5) is 32.8. The minimum atomic E-state index is -0.0624. The number of amides is 2. The lowest BCUT2D eigenvalue weighted by molar-refractivity contribution is -0.133. The second-order valence-electron chi connectivity index (χ2n) is 7.54. The van der Waals surface area contributed by atoms with Crippen molar-refractivity contribution >= 4 is 28.8 Å². The normalized spacial score (nSPS) is 16.8. The second-order valence-corrected chi connectivity index (χ2v) is 8.65. The SMILES string of the molecule is CC(C)C(=O)N1CCC(c2ccc(C(=O)NCc3ccn4ccnc4c3)s2)C1. The highest BCUT2D eigenvalue weighted by Gasteiger charge is 2.29. The van der Waals surface area contributed by atoms with E-state index in [1.54, 1.807) is 6.20 Å². The quantitative estimate of drug-likeness (QED) is 0.720. The van der Waals surface area contributed by atoms with Crippen molar-refractivity contribution in [2.24, 2.45) is 5.92 Å².